The minimum Gasteiger partial charge on any atom is -0.316 e. The highest BCUT2D eigenvalue weighted by Gasteiger charge is 1.96. The number of likely N-dealkylation sites (N-methyl/N-ethyl adjacent to an activating group) is 1. The van der Waals surface area contributed by atoms with Gasteiger partial charge < -0.3 is 5.32 Å². The first kappa shape index (κ1) is 11.8. The third-order valence-electron chi connectivity index (χ3n) is 1.68. The van der Waals surface area contributed by atoms with Gasteiger partial charge in [-0.15, -0.1) is 11.8 Å². The van der Waals surface area contributed by atoms with E-state index in [4.69, 9.17) is 0 Å². The van der Waals surface area contributed by atoms with Gasteiger partial charge in [0.15, 0.2) is 0 Å². The van der Waals surface area contributed by atoms with E-state index in [1.54, 1.807) is 0 Å². The molecule has 3 heteroatoms. The van der Waals surface area contributed by atoms with Crippen molar-refractivity contribution in [3.63, 3.8) is 0 Å². The summed E-state index contributed by atoms with van der Waals surface area (Å²) in [7, 11) is 1.94. The van der Waals surface area contributed by atoms with Crippen LogP contribution in [0.25, 0.3) is 0 Å². The summed E-state index contributed by atoms with van der Waals surface area (Å²) in [5.41, 5.74) is 1.22. The van der Waals surface area contributed by atoms with E-state index in [0.29, 0.717) is 0 Å². The van der Waals surface area contributed by atoms with E-state index < -0.39 is 0 Å². The maximum absolute atomic E-state index is 3.98. The Morgan fingerprint density at radius 1 is 1.43 bits per heavy atom. The lowest BCUT2D eigenvalue weighted by molar-refractivity contribution is 0.885. The molecule has 0 aliphatic rings. The van der Waals surface area contributed by atoms with Crippen LogP contribution in [-0.4, -0.2) is 19.3 Å². The Kier molecular flexibility index (Phi) is 5.30. The molecule has 0 amide bonds. The molecule has 0 radical (unpaired) electrons. The standard InChI is InChI=1S/C11H14BrNS/c1-9(7-13-2)8-14-11-5-3-10(12)4-6-11/h3-6,13H,1,7-8H2,2H3. The van der Waals surface area contributed by atoms with Crippen molar-refractivity contribution in [1.29, 1.82) is 0 Å². The Bertz CT molecular complexity index is 295. The van der Waals surface area contributed by atoms with Gasteiger partial charge in [0, 0.05) is 21.7 Å². The van der Waals surface area contributed by atoms with Gasteiger partial charge in [-0.3, -0.25) is 0 Å². The van der Waals surface area contributed by atoms with E-state index in [9.17, 15) is 0 Å². The van der Waals surface area contributed by atoms with Crippen molar-refractivity contribution in [2.45, 2.75) is 4.90 Å². The highest BCUT2D eigenvalue weighted by molar-refractivity contribution is 9.10. The summed E-state index contributed by atoms with van der Waals surface area (Å²) in [5.74, 6) is 0.975. The van der Waals surface area contributed by atoms with Crippen molar-refractivity contribution in [2.24, 2.45) is 0 Å². The van der Waals surface area contributed by atoms with Gasteiger partial charge in [0.25, 0.3) is 0 Å². The van der Waals surface area contributed by atoms with Crippen LogP contribution in [0.4, 0.5) is 0 Å². The lowest BCUT2D eigenvalue weighted by atomic mass is 10.3. The van der Waals surface area contributed by atoms with Gasteiger partial charge in [0.2, 0.25) is 0 Å². The molecule has 0 unspecified atom stereocenters. The summed E-state index contributed by atoms with van der Waals surface area (Å²) in [6.07, 6.45) is 0. The number of hydrogen-bond acceptors (Lipinski definition) is 2. The molecular weight excluding hydrogens is 258 g/mol. The fraction of sp³-hybridized carbons (Fsp3) is 0.273. The van der Waals surface area contributed by atoms with E-state index in [1.165, 1.54) is 10.5 Å². The molecule has 0 saturated carbocycles. The van der Waals surface area contributed by atoms with Gasteiger partial charge in [-0.05, 0) is 31.3 Å². The van der Waals surface area contributed by atoms with Gasteiger partial charge >= 0.3 is 0 Å². The predicted octanol–water partition coefficient (Wildman–Crippen LogP) is 3.32. The molecule has 1 N–H and O–H groups in total. The Balaban J connectivity index is 2.38. The highest BCUT2D eigenvalue weighted by atomic mass is 79.9. The van der Waals surface area contributed by atoms with Gasteiger partial charge in [0.05, 0.1) is 0 Å². The molecule has 1 aromatic rings. The van der Waals surface area contributed by atoms with Crippen molar-refractivity contribution in [1.82, 2.24) is 5.32 Å². The quantitative estimate of drug-likeness (QED) is 0.652. The largest absolute Gasteiger partial charge is 0.316 e. The molecule has 0 bridgehead atoms. The Labute approximate surface area is 98.1 Å². The van der Waals surface area contributed by atoms with Crippen LogP contribution in [0.2, 0.25) is 0 Å². The van der Waals surface area contributed by atoms with E-state index in [2.05, 4.69) is 52.1 Å². The van der Waals surface area contributed by atoms with Crippen LogP contribution in [0.3, 0.4) is 0 Å². The van der Waals surface area contributed by atoms with Crippen LogP contribution < -0.4 is 5.32 Å². The maximum atomic E-state index is 3.98. The first-order valence-electron chi connectivity index (χ1n) is 4.42. The molecule has 1 rings (SSSR count). The first-order valence-corrected chi connectivity index (χ1v) is 6.20. The van der Waals surface area contributed by atoms with Crippen molar-refractivity contribution in [3.8, 4) is 0 Å². The van der Waals surface area contributed by atoms with Crippen molar-refractivity contribution in [2.75, 3.05) is 19.3 Å². The third kappa shape index (κ3) is 4.31. The lowest BCUT2D eigenvalue weighted by Crippen LogP contribution is -2.10. The number of halogens is 1. The normalized spacial score (nSPS) is 10.1. The van der Waals surface area contributed by atoms with Gasteiger partial charge in [0.1, 0.15) is 0 Å². The molecule has 76 valence electrons. The Hall–Kier alpha value is -0.250. The molecule has 0 aliphatic heterocycles. The zero-order valence-corrected chi connectivity index (χ0v) is 10.6. The number of nitrogens with one attached hydrogen (secondary N) is 1. The number of hydrogen-bond donors (Lipinski definition) is 1. The second kappa shape index (κ2) is 6.27. The minimum absolute atomic E-state index is 0.892. The average molecular weight is 272 g/mol. The molecule has 0 heterocycles. The molecule has 1 nitrogen and oxygen atoms in total. The monoisotopic (exact) mass is 271 g/mol. The van der Waals surface area contributed by atoms with Crippen LogP contribution in [0.5, 0.6) is 0 Å². The molecular formula is C11H14BrNS. The molecule has 0 atom stereocenters. The van der Waals surface area contributed by atoms with Crippen molar-refractivity contribution >= 4 is 27.7 Å². The number of benzene rings is 1. The number of rotatable bonds is 5. The predicted molar refractivity (Wildman–Crippen MR) is 67.9 cm³/mol. The SMILES string of the molecule is C=C(CNC)CSc1ccc(Br)cc1. The van der Waals surface area contributed by atoms with Gasteiger partial charge in [-0.25, -0.2) is 0 Å². The highest BCUT2D eigenvalue weighted by Crippen LogP contribution is 2.21. The third-order valence-corrected chi connectivity index (χ3v) is 3.37. The van der Waals surface area contributed by atoms with Crippen LogP contribution in [0.15, 0.2) is 45.8 Å². The van der Waals surface area contributed by atoms with Crippen LogP contribution >= 0.6 is 27.7 Å². The lowest BCUT2D eigenvalue weighted by Gasteiger charge is -2.04. The molecule has 0 aromatic heterocycles. The van der Waals surface area contributed by atoms with Gasteiger partial charge in [-0.2, -0.15) is 0 Å². The zero-order valence-electron chi connectivity index (χ0n) is 8.22. The average Bonchev–Trinajstić information content (AvgIpc) is 2.17. The fourth-order valence-electron chi connectivity index (χ4n) is 1.02. The van der Waals surface area contributed by atoms with E-state index in [1.807, 2.05) is 18.8 Å². The van der Waals surface area contributed by atoms with Crippen LogP contribution in [-0.2, 0) is 0 Å². The van der Waals surface area contributed by atoms with E-state index >= 15 is 0 Å². The minimum atomic E-state index is 0.892. The number of thioether (sulfide) groups is 1. The van der Waals surface area contributed by atoms with Crippen molar-refractivity contribution < 1.29 is 0 Å². The Morgan fingerprint density at radius 2 is 2.07 bits per heavy atom. The van der Waals surface area contributed by atoms with Gasteiger partial charge in [-0.1, -0.05) is 28.1 Å². The maximum Gasteiger partial charge on any atom is 0.0200 e. The van der Waals surface area contributed by atoms with E-state index in [0.717, 1.165) is 16.8 Å². The summed E-state index contributed by atoms with van der Waals surface area (Å²) in [6, 6.07) is 8.34. The second-order valence-corrected chi connectivity index (χ2v) is 4.99. The molecule has 0 spiro atoms. The van der Waals surface area contributed by atoms with E-state index in [-0.39, 0.29) is 0 Å². The molecule has 1 aromatic carbocycles. The van der Waals surface area contributed by atoms with Crippen LogP contribution in [0.1, 0.15) is 0 Å². The summed E-state index contributed by atoms with van der Waals surface area (Å²) in [4.78, 5) is 1.28. The molecule has 0 saturated heterocycles. The smallest absolute Gasteiger partial charge is 0.0200 e. The molecule has 0 fully saturated rings. The summed E-state index contributed by atoms with van der Waals surface area (Å²) < 4.78 is 1.12. The fourth-order valence-corrected chi connectivity index (χ4v) is 2.08. The summed E-state index contributed by atoms with van der Waals surface area (Å²) in [6.45, 7) is 4.88. The summed E-state index contributed by atoms with van der Waals surface area (Å²) >= 11 is 5.23. The first-order chi connectivity index (χ1) is 6.72. The molecule has 0 aliphatic carbocycles. The topological polar surface area (TPSA) is 12.0 Å². The van der Waals surface area contributed by atoms with Crippen LogP contribution in [0, 0.1) is 0 Å². The Morgan fingerprint density at radius 3 is 2.64 bits per heavy atom. The molecule has 14 heavy (non-hydrogen) atoms. The summed E-state index contributed by atoms with van der Waals surface area (Å²) in [5, 5.41) is 3.09. The van der Waals surface area contributed by atoms with Crippen molar-refractivity contribution in [3.05, 3.63) is 40.9 Å². The zero-order chi connectivity index (χ0) is 10.4. The second-order valence-electron chi connectivity index (χ2n) is 3.02.